The third-order valence-corrected chi connectivity index (χ3v) is 5.62. The van der Waals surface area contributed by atoms with Crippen LogP contribution in [0.15, 0.2) is 54.6 Å². The highest BCUT2D eigenvalue weighted by atomic mass is 19.1. The van der Waals surface area contributed by atoms with E-state index in [9.17, 15) is 18.4 Å². The Balaban J connectivity index is 1.73. The summed E-state index contributed by atoms with van der Waals surface area (Å²) in [6, 6.07) is 12.5. The van der Waals surface area contributed by atoms with E-state index in [2.05, 4.69) is 10.6 Å². The Morgan fingerprint density at radius 1 is 0.737 bits per heavy atom. The number of hydrogen-bond donors (Lipinski definition) is 2. The SMILES string of the molecule is CCCCOc1ccc(NC(=O)c2ccc(OC)c(C(=O)Nc3ccc(OCCCC)cc3F)c2)c(F)c1. The second-order valence-corrected chi connectivity index (χ2v) is 8.51. The minimum atomic E-state index is -0.685. The molecule has 3 rings (SSSR count). The van der Waals surface area contributed by atoms with Crippen LogP contribution in [-0.4, -0.2) is 32.1 Å². The Labute approximate surface area is 221 Å². The van der Waals surface area contributed by atoms with Crippen LogP contribution < -0.4 is 24.8 Å². The van der Waals surface area contributed by atoms with Gasteiger partial charge in [-0.05, 0) is 55.3 Å². The number of rotatable bonds is 13. The Bertz CT molecular complexity index is 1270. The summed E-state index contributed by atoms with van der Waals surface area (Å²) in [7, 11) is 1.37. The lowest BCUT2D eigenvalue weighted by Crippen LogP contribution is -2.17. The molecule has 3 aromatic rings. The van der Waals surface area contributed by atoms with Gasteiger partial charge in [0.1, 0.15) is 28.9 Å². The molecule has 0 aliphatic heterocycles. The average Bonchev–Trinajstić information content (AvgIpc) is 2.91. The maximum Gasteiger partial charge on any atom is 0.259 e. The van der Waals surface area contributed by atoms with Crippen molar-refractivity contribution in [2.45, 2.75) is 39.5 Å². The fourth-order valence-electron chi connectivity index (χ4n) is 3.45. The lowest BCUT2D eigenvalue weighted by atomic mass is 10.1. The van der Waals surface area contributed by atoms with E-state index in [1.54, 1.807) is 12.1 Å². The van der Waals surface area contributed by atoms with Gasteiger partial charge in [0.05, 0.1) is 37.3 Å². The van der Waals surface area contributed by atoms with Crippen LogP contribution in [0.1, 0.15) is 60.2 Å². The minimum absolute atomic E-state index is 0.00275. The zero-order chi connectivity index (χ0) is 27.5. The second kappa shape index (κ2) is 14.0. The number of carbonyl (C=O) groups is 2. The largest absolute Gasteiger partial charge is 0.496 e. The highest BCUT2D eigenvalue weighted by Gasteiger charge is 2.19. The van der Waals surface area contributed by atoms with Gasteiger partial charge in [-0.3, -0.25) is 9.59 Å². The van der Waals surface area contributed by atoms with Crippen LogP contribution in [0.5, 0.6) is 17.2 Å². The summed E-state index contributed by atoms with van der Waals surface area (Å²) in [4.78, 5) is 25.8. The molecular formula is C29H32F2N2O5. The summed E-state index contributed by atoms with van der Waals surface area (Å²) in [5, 5.41) is 4.99. The molecule has 38 heavy (non-hydrogen) atoms. The van der Waals surface area contributed by atoms with E-state index >= 15 is 0 Å². The van der Waals surface area contributed by atoms with Gasteiger partial charge in [-0.25, -0.2) is 8.78 Å². The first-order chi connectivity index (χ1) is 18.4. The van der Waals surface area contributed by atoms with E-state index in [0.29, 0.717) is 24.7 Å². The zero-order valence-corrected chi connectivity index (χ0v) is 21.7. The zero-order valence-electron chi connectivity index (χ0n) is 21.7. The van der Waals surface area contributed by atoms with Crippen LogP contribution in [0, 0.1) is 11.6 Å². The molecule has 7 nitrogen and oxygen atoms in total. The topological polar surface area (TPSA) is 85.9 Å². The Morgan fingerprint density at radius 2 is 1.26 bits per heavy atom. The van der Waals surface area contributed by atoms with Crippen molar-refractivity contribution in [2.75, 3.05) is 31.0 Å². The van der Waals surface area contributed by atoms with Gasteiger partial charge in [-0.2, -0.15) is 0 Å². The van der Waals surface area contributed by atoms with Crippen LogP contribution >= 0.6 is 0 Å². The van der Waals surface area contributed by atoms with Crippen molar-refractivity contribution in [1.29, 1.82) is 0 Å². The number of nitrogens with one attached hydrogen (secondary N) is 2. The molecule has 0 fully saturated rings. The summed E-state index contributed by atoms with van der Waals surface area (Å²) in [6.45, 7) is 4.99. The molecule has 9 heteroatoms. The summed E-state index contributed by atoms with van der Waals surface area (Å²) < 4.78 is 45.3. The van der Waals surface area contributed by atoms with E-state index in [0.717, 1.165) is 25.7 Å². The molecule has 0 radical (unpaired) electrons. The van der Waals surface area contributed by atoms with Crippen molar-refractivity contribution in [2.24, 2.45) is 0 Å². The number of anilines is 2. The Morgan fingerprint density at radius 3 is 1.74 bits per heavy atom. The third kappa shape index (κ3) is 7.68. The second-order valence-electron chi connectivity index (χ2n) is 8.51. The molecule has 0 spiro atoms. The maximum absolute atomic E-state index is 14.6. The number of ether oxygens (including phenoxy) is 3. The predicted octanol–water partition coefficient (Wildman–Crippen LogP) is 6.84. The summed E-state index contributed by atoms with van der Waals surface area (Å²) >= 11 is 0. The smallest absolute Gasteiger partial charge is 0.259 e. The van der Waals surface area contributed by atoms with Gasteiger partial charge in [-0.1, -0.05) is 26.7 Å². The third-order valence-electron chi connectivity index (χ3n) is 5.62. The van der Waals surface area contributed by atoms with Crippen molar-refractivity contribution in [3.63, 3.8) is 0 Å². The molecule has 0 aliphatic carbocycles. The number of hydrogen-bond acceptors (Lipinski definition) is 5. The number of benzene rings is 3. The van der Waals surface area contributed by atoms with Crippen molar-refractivity contribution in [3.8, 4) is 17.2 Å². The highest BCUT2D eigenvalue weighted by Crippen LogP contribution is 2.26. The molecule has 0 unspecified atom stereocenters. The van der Waals surface area contributed by atoms with Gasteiger partial charge < -0.3 is 24.8 Å². The molecule has 2 N–H and O–H groups in total. The first-order valence-corrected chi connectivity index (χ1v) is 12.5. The fourth-order valence-corrected chi connectivity index (χ4v) is 3.45. The van der Waals surface area contributed by atoms with E-state index in [1.807, 2.05) is 13.8 Å². The molecule has 2 amide bonds. The van der Waals surface area contributed by atoms with Crippen molar-refractivity contribution in [1.82, 2.24) is 0 Å². The molecule has 0 saturated heterocycles. The normalized spacial score (nSPS) is 10.6. The maximum atomic E-state index is 14.6. The molecule has 0 heterocycles. The molecule has 0 atom stereocenters. The standard InChI is InChI=1S/C29H32F2N2O5/c1-4-6-14-37-20-9-11-25(23(30)17-20)32-28(34)19-8-13-27(36-3)22(16-19)29(35)33-26-12-10-21(18-24(26)31)38-15-7-5-2/h8-13,16-18H,4-7,14-15H2,1-3H3,(H,32,34)(H,33,35). The number of amides is 2. The number of halogens is 2. The van der Waals surface area contributed by atoms with Gasteiger partial charge in [0.2, 0.25) is 0 Å². The monoisotopic (exact) mass is 526 g/mol. The van der Waals surface area contributed by atoms with Crippen LogP contribution in [0.25, 0.3) is 0 Å². The van der Waals surface area contributed by atoms with Crippen molar-refractivity contribution in [3.05, 3.63) is 77.4 Å². The van der Waals surface area contributed by atoms with Gasteiger partial charge in [0, 0.05) is 17.7 Å². The predicted molar refractivity (Wildman–Crippen MR) is 143 cm³/mol. The molecule has 0 saturated carbocycles. The van der Waals surface area contributed by atoms with Crippen LogP contribution in [0.3, 0.4) is 0 Å². The molecule has 0 aromatic heterocycles. The van der Waals surface area contributed by atoms with Gasteiger partial charge in [-0.15, -0.1) is 0 Å². The first kappa shape index (κ1) is 28.4. The average molecular weight is 527 g/mol. The lowest BCUT2D eigenvalue weighted by molar-refractivity contribution is 0.102. The summed E-state index contributed by atoms with van der Waals surface area (Å²) in [5.41, 5.74) is -0.0113. The Hall–Kier alpha value is -4.14. The first-order valence-electron chi connectivity index (χ1n) is 12.5. The van der Waals surface area contributed by atoms with E-state index < -0.39 is 23.4 Å². The van der Waals surface area contributed by atoms with Crippen molar-refractivity contribution >= 4 is 23.2 Å². The van der Waals surface area contributed by atoms with Crippen LogP contribution in [-0.2, 0) is 0 Å². The number of unbranched alkanes of at least 4 members (excludes halogenated alkanes) is 2. The molecule has 0 aliphatic rings. The summed E-state index contributed by atoms with van der Waals surface area (Å²) in [6.07, 6.45) is 3.59. The lowest BCUT2D eigenvalue weighted by Gasteiger charge is -2.13. The quantitative estimate of drug-likeness (QED) is 0.238. The van der Waals surface area contributed by atoms with E-state index in [1.165, 1.54) is 49.6 Å². The molecule has 3 aromatic carbocycles. The van der Waals surface area contributed by atoms with Gasteiger partial charge >= 0.3 is 0 Å². The Kier molecular flexibility index (Phi) is 10.5. The molecule has 0 bridgehead atoms. The van der Waals surface area contributed by atoms with Crippen molar-refractivity contribution < 1.29 is 32.6 Å². The summed E-state index contributed by atoms with van der Waals surface area (Å²) in [5.74, 6) is -1.74. The molecular weight excluding hydrogens is 494 g/mol. The van der Waals surface area contributed by atoms with Crippen LogP contribution in [0.2, 0.25) is 0 Å². The number of methoxy groups -OCH3 is 1. The van der Waals surface area contributed by atoms with Gasteiger partial charge in [0.25, 0.3) is 11.8 Å². The highest BCUT2D eigenvalue weighted by molar-refractivity contribution is 6.10. The van der Waals surface area contributed by atoms with Gasteiger partial charge in [0.15, 0.2) is 0 Å². The van der Waals surface area contributed by atoms with E-state index in [-0.39, 0.29) is 28.3 Å². The fraction of sp³-hybridized carbons (Fsp3) is 0.310. The number of carbonyl (C=O) groups excluding carboxylic acids is 2. The van der Waals surface area contributed by atoms with Crippen LogP contribution in [0.4, 0.5) is 20.2 Å². The molecule has 202 valence electrons. The van der Waals surface area contributed by atoms with E-state index in [4.69, 9.17) is 14.2 Å². The minimum Gasteiger partial charge on any atom is -0.496 e.